The van der Waals surface area contributed by atoms with Gasteiger partial charge in [-0.2, -0.15) is 0 Å². The molecule has 0 atom stereocenters. The molecule has 2 aromatic carbocycles. The van der Waals surface area contributed by atoms with Crippen LogP contribution in [0.1, 0.15) is 12.0 Å². The van der Waals surface area contributed by atoms with Crippen molar-refractivity contribution < 1.29 is 9.52 Å². The second kappa shape index (κ2) is 4.56. The van der Waals surface area contributed by atoms with Crippen LogP contribution in [0.5, 0.6) is 0 Å². The van der Waals surface area contributed by atoms with Crippen LogP contribution in [0.4, 0.5) is 0 Å². The molecule has 0 fully saturated rings. The predicted molar refractivity (Wildman–Crippen MR) is 72.3 cm³/mol. The molecule has 0 spiro atoms. The number of hydrogen-bond acceptors (Lipinski definition) is 2. The van der Waals surface area contributed by atoms with E-state index in [2.05, 4.69) is 11.8 Å². The van der Waals surface area contributed by atoms with Crippen LogP contribution in [0.2, 0.25) is 0 Å². The topological polar surface area (TPSA) is 33.4 Å². The standard InChI is InChI=1S/C16H12O2/c17-10-4-3-5-12-8-9-16-14(11-12)13-6-1-2-7-15(13)18-16/h1-2,6-9,11,17H,4,10H2. The average Bonchev–Trinajstić information content (AvgIpc) is 2.77. The van der Waals surface area contributed by atoms with Crippen LogP contribution in [0, 0.1) is 11.8 Å². The maximum atomic E-state index is 8.71. The van der Waals surface area contributed by atoms with Crippen molar-refractivity contribution in [3.05, 3.63) is 48.0 Å². The Hall–Kier alpha value is -2.24. The molecule has 0 radical (unpaired) electrons. The molecule has 0 unspecified atom stereocenters. The summed E-state index contributed by atoms with van der Waals surface area (Å²) in [6, 6.07) is 13.9. The number of benzene rings is 2. The lowest BCUT2D eigenvalue weighted by Gasteiger charge is -1.91. The van der Waals surface area contributed by atoms with Crippen LogP contribution in [-0.4, -0.2) is 11.7 Å². The molecule has 0 aliphatic carbocycles. The molecule has 1 N–H and O–H groups in total. The fourth-order valence-electron chi connectivity index (χ4n) is 2.02. The lowest BCUT2D eigenvalue weighted by atomic mass is 10.1. The fourth-order valence-corrected chi connectivity index (χ4v) is 2.02. The molecule has 1 aromatic heterocycles. The molecule has 0 amide bonds. The molecule has 18 heavy (non-hydrogen) atoms. The summed E-state index contributed by atoms with van der Waals surface area (Å²) in [4.78, 5) is 0. The van der Waals surface area contributed by atoms with Gasteiger partial charge in [0.25, 0.3) is 0 Å². The number of aliphatic hydroxyl groups is 1. The first-order valence-corrected chi connectivity index (χ1v) is 5.89. The molecule has 0 saturated carbocycles. The van der Waals surface area contributed by atoms with E-state index in [0.29, 0.717) is 6.42 Å². The van der Waals surface area contributed by atoms with Gasteiger partial charge in [-0.3, -0.25) is 0 Å². The molecular weight excluding hydrogens is 224 g/mol. The molecule has 88 valence electrons. The number of rotatable bonds is 1. The molecule has 3 aromatic rings. The minimum atomic E-state index is 0.101. The minimum Gasteiger partial charge on any atom is -0.456 e. The minimum absolute atomic E-state index is 0.101. The first kappa shape index (κ1) is 10.9. The lowest BCUT2D eigenvalue weighted by Crippen LogP contribution is -1.78. The van der Waals surface area contributed by atoms with Crippen molar-refractivity contribution in [3.8, 4) is 11.8 Å². The summed E-state index contributed by atoms with van der Waals surface area (Å²) in [6.07, 6.45) is 0.504. The van der Waals surface area contributed by atoms with Crippen molar-refractivity contribution in [2.75, 3.05) is 6.61 Å². The van der Waals surface area contributed by atoms with Gasteiger partial charge < -0.3 is 9.52 Å². The second-order valence-electron chi connectivity index (χ2n) is 4.08. The molecule has 3 rings (SSSR count). The quantitative estimate of drug-likeness (QED) is 0.657. The summed E-state index contributed by atoms with van der Waals surface area (Å²) in [7, 11) is 0. The van der Waals surface area contributed by atoms with E-state index in [1.54, 1.807) is 0 Å². The van der Waals surface area contributed by atoms with E-state index in [-0.39, 0.29) is 6.61 Å². The molecular formula is C16H12O2. The Kier molecular flexibility index (Phi) is 2.76. The first-order valence-electron chi connectivity index (χ1n) is 5.89. The highest BCUT2D eigenvalue weighted by atomic mass is 16.3. The third-order valence-corrected chi connectivity index (χ3v) is 2.85. The Labute approximate surface area is 105 Å². The van der Waals surface area contributed by atoms with E-state index in [4.69, 9.17) is 9.52 Å². The van der Waals surface area contributed by atoms with Crippen molar-refractivity contribution in [2.24, 2.45) is 0 Å². The molecule has 0 bridgehead atoms. The van der Waals surface area contributed by atoms with E-state index in [0.717, 1.165) is 27.5 Å². The second-order valence-corrected chi connectivity index (χ2v) is 4.08. The van der Waals surface area contributed by atoms with Gasteiger partial charge in [0.05, 0.1) is 6.61 Å². The molecule has 0 aliphatic heterocycles. The van der Waals surface area contributed by atoms with Gasteiger partial charge in [-0.05, 0) is 24.3 Å². The maximum absolute atomic E-state index is 8.71. The number of para-hydroxylation sites is 1. The van der Waals surface area contributed by atoms with Crippen LogP contribution >= 0.6 is 0 Å². The zero-order valence-corrected chi connectivity index (χ0v) is 9.81. The number of fused-ring (bicyclic) bond motifs is 3. The zero-order chi connectivity index (χ0) is 12.4. The highest BCUT2D eigenvalue weighted by Crippen LogP contribution is 2.28. The zero-order valence-electron chi connectivity index (χ0n) is 9.81. The lowest BCUT2D eigenvalue weighted by molar-refractivity contribution is 0.305. The van der Waals surface area contributed by atoms with Crippen molar-refractivity contribution in [1.82, 2.24) is 0 Å². The van der Waals surface area contributed by atoms with Gasteiger partial charge in [-0.25, -0.2) is 0 Å². The van der Waals surface area contributed by atoms with Crippen LogP contribution in [-0.2, 0) is 0 Å². The number of aliphatic hydroxyl groups excluding tert-OH is 1. The summed E-state index contributed by atoms with van der Waals surface area (Å²) in [6.45, 7) is 0.101. The van der Waals surface area contributed by atoms with Gasteiger partial charge >= 0.3 is 0 Å². The van der Waals surface area contributed by atoms with Gasteiger partial charge in [0.1, 0.15) is 11.2 Å². The SMILES string of the molecule is OCCC#Cc1ccc2oc3ccccc3c2c1. The van der Waals surface area contributed by atoms with E-state index in [9.17, 15) is 0 Å². The summed E-state index contributed by atoms with van der Waals surface area (Å²) >= 11 is 0. The summed E-state index contributed by atoms with van der Waals surface area (Å²) < 4.78 is 5.74. The van der Waals surface area contributed by atoms with Crippen molar-refractivity contribution >= 4 is 21.9 Å². The van der Waals surface area contributed by atoms with Gasteiger partial charge in [0.15, 0.2) is 0 Å². The van der Waals surface area contributed by atoms with Gasteiger partial charge in [-0.15, -0.1) is 0 Å². The summed E-state index contributed by atoms with van der Waals surface area (Å²) in [5.74, 6) is 5.97. The summed E-state index contributed by atoms with van der Waals surface area (Å²) in [5.41, 5.74) is 2.72. The Bertz CT molecular complexity index is 757. The van der Waals surface area contributed by atoms with Crippen molar-refractivity contribution in [2.45, 2.75) is 6.42 Å². The highest BCUT2D eigenvalue weighted by Gasteiger charge is 2.05. The maximum Gasteiger partial charge on any atom is 0.135 e. The largest absolute Gasteiger partial charge is 0.456 e. The Balaban J connectivity index is 2.16. The van der Waals surface area contributed by atoms with E-state index >= 15 is 0 Å². The van der Waals surface area contributed by atoms with Crippen LogP contribution in [0.25, 0.3) is 21.9 Å². The first-order chi connectivity index (χ1) is 8.88. The average molecular weight is 236 g/mol. The van der Waals surface area contributed by atoms with E-state index in [1.807, 2.05) is 42.5 Å². The van der Waals surface area contributed by atoms with Crippen LogP contribution in [0.15, 0.2) is 46.9 Å². The number of hydrogen-bond donors (Lipinski definition) is 1. The normalized spacial score (nSPS) is 10.5. The third-order valence-electron chi connectivity index (χ3n) is 2.85. The smallest absolute Gasteiger partial charge is 0.135 e. The third kappa shape index (κ3) is 1.85. The van der Waals surface area contributed by atoms with Crippen molar-refractivity contribution in [1.29, 1.82) is 0 Å². The molecule has 0 aliphatic rings. The fraction of sp³-hybridized carbons (Fsp3) is 0.125. The highest BCUT2D eigenvalue weighted by molar-refractivity contribution is 6.05. The predicted octanol–water partition coefficient (Wildman–Crippen LogP) is 3.32. The van der Waals surface area contributed by atoms with Gasteiger partial charge in [0, 0.05) is 22.8 Å². The Morgan fingerprint density at radius 2 is 1.83 bits per heavy atom. The Morgan fingerprint density at radius 3 is 2.72 bits per heavy atom. The summed E-state index contributed by atoms with van der Waals surface area (Å²) in [5, 5.41) is 10.9. The number of furan rings is 1. The van der Waals surface area contributed by atoms with Gasteiger partial charge in [0.2, 0.25) is 0 Å². The van der Waals surface area contributed by atoms with E-state index < -0.39 is 0 Å². The Morgan fingerprint density at radius 1 is 1.00 bits per heavy atom. The molecule has 0 saturated heterocycles. The monoisotopic (exact) mass is 236 g/mol. The molecule has 2 nitrogen and oxygen atoms in total. The van der Waals surface area contributed by atoms with Gasteiger partial charge in [-0.1, -0.05) is 30.0 Å². The molecule has 2 heteroatoms. The van der Waals surface area contributed by atoms with E-state index in [1.165, 1.54) is 0 Å². The van der Waals surface area contributed by atoms with Crippen LogP contribution in [0.3, 0.4) is 0 Å². The molecule has 1 heterocycles. The van der Waals surface area contributed by atoms with Crippen LogP contribution < -0.4 is 0 Å². The van der Waals surface area contributed by atoms with Crippen molar-refractivity contribution in [3.63, 3.8) is 0 Å².